The molecule has 0 aliphatic rings. The Hall–Kier alpha value is -2.63. The van der Waals surface area contributed by atoms with Gasteiger partial charge in [-0.3, -0.25) is 9.59 Å². The number of carboxylic acids is 1. The minimum Gasteiger partial charge on any atom is -0.481 e. The molecular weight excluding hydrogens is 248 g/mol. The third-order valence-electron chi connectivity index (χ3n) is 2.47. The van der Waals surface area contributed by atoms with Gasteiger partial charge in [0.05, 0.1) is 6.33 Å². The van der Waals surface area contributed by atoms with E-state index in [4.69, 9.17) is 9.52 Å². The topological polar surface area (TPSA) is 96.2 Å². The Labute approximate surface area is 107 Å². The van der Waals surface area contributed by atoms with Gasteiger partial charge in [0.2, 0.25) is 5.58 Å². The number of H-pyrrole nitrogens is 1. The normalized spacial score (nSPS) is 10.2. The lowest BCUT2D eigenvalue weighted by atomic mass is 10.2. The molecule has 2 aromatic heterocycles. The molecule has 0 saturated heterocycles. The fraction of sp³-hybridized carbons (Fsp3) is 0.154. The molecule has 3 rings (SSSR count). The molecule has 1 aromatic carbocycles. The zero-order valence-corrected chi connectivity index (χ0v) is 10.2. The number of aromatic amines is 1. The van der Waals surface area contributed by atoms with Crippen molar-refractivity contribution in [1.82, 2.24) is 9.97 Å². The highest BCUT2D eigenvalue weighted by atomic mass is 16.4. The first kappa shape index (κ1) is 12.8. The van der Waals surface area contributed by atoms with Crippen LogP contribution in [0.2, 0.25) is 0 Å². The molecule has 2 N–H and O–H groups in total. The van der Waals surface area contributed by atoms with E-state index >= 15 is 0 Å². The first-order chi connectivity index (χ1) is 9.13. The summed E-state index contributed by atoms with van der Waals surface area (Å²) in [7, 11) is 0. The van der Waals surface area contributed by atoms with Gasteiger partial charge in [-0.1, -0.05) is 19.1 Å². The first-order valence-corrected chi connectivity index (χ1v) is 5.70. The number of aliphatic carboxylic acids is 1. The molecule has 6 heteroatoms. The van der Waals surface area contributed by atoms with Gasteiger partial charge in [-0.15, -0.1) is 0 Å². The Bertz CT molecular complexity index is 773. The SMILES string of the molecule is CCC(=O)O.O=c1[nH]cnc2c1oc1ccccc12. The van der Waals surface area contributed by atoms with Crippen LogP contribution in [0.5, 0.6) is 0 Å². The molecule has 2 heterocycles. The van der Waals surface area contributed by atoms with E-state index in [9.17, 15) is 9.59 Å². The van der Waals surface area contributed by atoms with E-state index in [-0.39, 0.29) is 17.6 Å². The predicted molar refractivity (Wildman–Crippen MR) is 70.1 cm³/mol. The molecule has 0 amide bonds. The van der Waals surface area contributed by atoms with E-state index in [1.54, 1.807) is 6.92 Å². The second kappa shape index (κ2) is 5.34. The maximum atomic E-state index is 11.4. The summed E-state index contributed by atoms with van der Waals surface area (Å²) in [6.07, 6.45) is 1.60. The van der Waals surface area contributed by atoms with Gasteiger partial charge in [-0.2, -0.15) is 0 Å². The minimum atomic E-state index is -0.745. The van der Waals surface area contributed by atoms with Crippen LogP contribution in [0.1, 0.15) is 13.3 Å². The smallest absolute Gasteiger partial charge is 0.303 e. The zero-order chi connectivity index (χ0) is 13.8. The highest BCUT2D eigenvalue weighted by Crippen LogP contribution is 2.23. The second-order valence-electron chi connectivity index (χ2n) is 3.75. The van der Waals surface area contributed by atoms with Crippen LogP contribution in [0.25, 0.3) is 22.1 Å². The Kier molecular flexibility index (Phi) is 3.61. The van der Waals surface area contributed by atoms with Crippen molar-refractivity contribution < 1.29 is 14.3 Å². The number of carboxylic acid groups (broad SMARTS) is 1. The highest BCUT2D eigenvalue weighted by molar-refractivity contribution is 6.01. The molecule has 0 aliphatic heterocycles. The largest absolute Gasteiger partial charge is 0.481 e. The molecule has 6 nitrogen and oxygen atoms in total. The summed E-state index contributed by atoms with van der Waals surface area (Å²) in [5.41, 5.74) is 1.34. The Morgan fingerprint density at radius 1 is 1.42 bits per heavy atom. The molecule has 0 bridgehead atoms. The molecule has 0 radical (unpaired) electrons. The van der Waals surface area contributed by atoms with Gasteiger partial charge >= 0.3 is 5.97 Å². The summed E-state index contributed by atoms with van der Waals surface area (Å²) in [6, 6.07) is 7.45. The van der Waals surface area contributed by atoms with Crippen LogP contribution >= 0.6 is 0 Å². The number of para-hydroxylation sites is 1. The minimum absolute atomic E-state index is 0.222. The average molecular weight is 260 g/mol. The van der Waals surface area contributed by atoms with Crippen LogP contribution < -0.4 is 5.56 Å². The molecule has 19 heavy (non-hydrogen) atoms. The number of furan rings is 1. The van der Waals surface area contributed by atoms with Gasteiger partial charge in [0, 0.05) is 11.8 Å². The first-order valence-electron chi connectivity index (χ1n) is 5.70. The van der Waals surface area contributed by atoms with Crippen molar-refractivity contribution in [2.45, 2.75) is 13.3 Å². The molecule has 98 valence electrons. The second-order valence-corrected chi connectivity index (χ2v) is 3.75. The average Bonchev–Trinajstić information content (AvgIpc) is 2.80. The lowest BCUT2D eigenvalue weighted by molar-refractivity contribution is -0.136. The van der Waals surface area contributed by atoms with Gasteiger partial charge in [-0.25, -0.2) is 4.98 Å². The summed E-state index contributed by atoms with van der Waals surface area (Å²) < 4.78 is 5.38. The third-order valence-corrected chi connectivity index (χ3v) is 2.47. The maximum Gasteiger partial charge on any atom is 0.303 e. The number of aromatic nitrogens is 2. The number of nitrogens with zero attached hydrogens (tertiary/aromatic N) is 1. The van der Waals surface area contributed by atoms with Crippen LogP contribution in [-0.4, -0.2) is 21.0 Å². The van der Waals surface area contributed by atoms with Crippen molar-refractivity contribution in [3.05, 3.63) is 40.9 Å². The number of rotatable bonds is 1. The highest BCUT2D eigenvalue weighted by Gasteiger charge is 2.09. The number of nitrogens with one attached hydrogen (secondary N) is 1. The number of hydrogen-bond donors (Lipinski definition) is 2. The van der Waals surface area contributed by atoms with Crippen LogP contribution in [-0.2, 0) is 4.79 Å². The summed E-state index contributed by atoms with van der Waals surface area (Å²) in [6.45, 7) is 1.60. The molecular formula is C13H12N2O4. The monoisotopic (exact) mass is 260 g/mol. The van der Waals surface area contributed by atoms with E-state index in [0.717, 1.165) is 5.39 Å². The molecule has 3 aromatic rings. The Morgan fingerprint density at radius 2 is 2.11 bits per heavy atom. The molecule has 0 fully saturated rings. The van der Waals surface area contributed by atoms with E-state index in [1.807, 2.05) is 24.3 Å². The van der Waals surface area contributed by atoms with Crippen LogP contribution in [0.15, 0.2) is 39.8 Å². The van der Waals surface area contributed by atoms with E-state index < -0.39 is 5.97 Å². The summed E-state index contributed by atoms with van der Waals surface area (Å²) in [4.78, 5) is 27.3. The maximum absolute atomic E-state index is 11.4. The van der Waals surface area contributed by atoms with Gasteiger partial charge in [0.1, 0.15) is 11.1 Å². The molecule has 0 aliphatic carbocycles. The quantitative estimate of drug-likeness (QED) is 0.698. The van der Waals surface area contributed by atoms with Gasteiger partial charge in [-0.05, 0) is 12.1 Å². The van der Waals surface area contributed by atoms with Crippen molar-refractivity contribution in [2.75, 3.05) is 0 Å². The standard InChI is InChI=1S/C10H6N2O2.C3H6O2/c13-10-9-8(11-5-12-10)6-3-1-2-4-7(6)14-9;1-2-3(4)5/h1-5H,(H,11,12,13);2H2,1H3,(H,4,5). The van der Waals surface area contributed by atoms with Crippen LogP contribution in [0.3, 0.4) is 0 Å². The van der Waals surface area contributed by atoms with Gasteiger partial charge in [0.25, 0.3) is 5.56 Å². The number of hydrogen-bond acceptors (Lipinski definition) is 4. The fourth-order valence-corrected chi connectivity index (χ4v) is 1.53. The summed E-state index contributed by atoms with van der Waals surface area (Å²) in [5, 5.41) is 8.59. The van der Waals surface area contributed by atoms with Crippen LogP contribution in [0.4, 0.5) is 0 Å². The Morgan fingerprint density at radius 3 is 2.79 bits per heavy atom. The summed E-state index contributed by atoms with van der Waals surface area (Å²) >= 11 is 0. The van der Waals surface area contributed by atoms with E-state index in [2.05, 4.69) is 9.97 Å². The van der Waals surface area contributed by atoms with Crippen LogP contribution in [0, 0.1) is 0 Å². The number of fused-ring (bicyclic) bond motifs is 3. The number of carbonyl (C=O) groups is 1. The lowest BCUT2D eigenvalue weighted by Crippen LogP contribution is -2.03. The van der Waals surface area contributed by atoms with Gasteiger partial charge in [0.15, 0.2) is 0 Å². The lowest BCUT2D eigenvalue weighted by Gasteiger charge is -1.84. The third kappa shape index (κ3) is 2.62. The molecule has 0 spiro atoms. The van der Waals surface area contributed by atoms with Crippen molar-refractivity contribution in [3.8, 4) is 0 Å². The van der Waals surface area contributed by atoms with E-state index in [0.29, 0.717) is 11.1 Å². The Balaban J connectivity index is 0.000000232. The van der Waals surface area contributed by atoms with Crippen molar-refractivity contribution in [3.63, 3.8) is 0 Å². The van der Waals surface area contributed by atoms with Crippen molar-refractivity contribution in [1.29, 1.82) is 0 Å². The molecule has 0 saturated carbocycles. The van der Waals surface area contributed by atoms with Gasteiger partial charge < -0.3 is 14.5 Å². The predicted octanol–water partition coefficient (Wildman–Crippen LogP) is 2.15. The summed E-state index contributed by atoms with van der Waals surface area (Å²) in [5.74, 6) is -0.745. The van der Waals surface area contributed by atoms with E-state index in [1.165, 1.54) is 6.33 Å². The zero-order valence-electron chi connectivity index (χ0n) is 10.2. The molecule has 0 unspecified atom stereocenters. The molecule has 0 atom stereocenters. The van der Waals surface area contributed by atoms with Crippen molar-refractivity contribution >= 4 is 28.0 Å². The van der Waals surface area contributed by atoms with Crippen molar-refractivity contribution in [2.24, 2.45) is 0 Å². The fourth-order valence-electron chi connectivity index (χ4n) is 1.53. The number of benzene rings is 1.